The molecule has 0 aromatic heterocycles. The van der Waals surface area contributed by atoms with Gasteiger partial charge in [0.25, 0.3) is 0 Å². The van der Waals surface area contributed by atoms with Gasteiger partial charge in [-0.2, -0.15) is 0 Å². The highest BCUT2D eigenvalue weighted by Crippen LogP contribution is 2.20. The summed E-state index contributed by atoms with van der Waals surface area (Å²) < 4.78 is 5.73. The molecule has 0 aliphatic rings. The zero-order chi connectivity index (χ0) is 22.8. The van der Waals surface area contributed by atoms with Gasteiger partial charge >= 0.3 is 0 Å². The number of hydrogen-bond acceptors (Lipinski definition) is 3. The minimum Gasteiger partial charge on any atom is -0.494 e. The van der Waals surface area contributed by atoms with Crippen molar-refractivity contribution in [3.8, 4) is 5.75 Å². The Morgan fingerprint density at radius 2 is 1.77 bits per heavy atom. The summed E-state index contributed by atoms with van der Waals surface area (Å²) in [4.78, 5) is 27.4. The van der Waals surface area contributed by atoms with E-state index in [9.17, 15) is 9.59 Å². The van der Waals surface area contributed by atoms with E-state index in [1.165, 1.54) is 5.56 Å². The highest BCUT2D eigenvalue weighted by molar-refractivity contribution is 6.31. The molecule has 5 nitrogen and oxygen atoms in total. The molecular formula is C25H33ClN2O3. The van der Waals surface area contributed by atoms with E-state index in [0.717, 1.165) is 17.7 Å². The number of rotatable bonds is 11. The second kappa shape index (κ2) is 12.4. The predicted octanol–water partition coefficient (Wildman–Crippen LogP) is 5.14. The number of carbonyl (C=O) groups excluding carboxylic acids is 2. The van der Waals surface area contributed by atoms with Crippen molar-refractivity contribution in [1.82, 2.24) is 10.2 Å². The summed E-state index contributed by atoms with van der Waals surface area (Å²) in [6, 6.07) is 14.7. The van der Waals surface area contributed by atoms with Gasteiger partial charge in [-0.15, -0.1) is 0 Å². The predicted molar refractivity (Wildman–Crippen MR) is 125 cm³/mol. The Morgan fingerprint density at radius 3 is 2.42 bits per heavy atom. The van der Waals surface area contributed by atoms with E-state index >= 15 is 0 Å². The highest BCUT2D eigenvalue weighted by Gasteiger charge is 2.27. The number of ether oxygens (including phenoxy) is 1. The summed E-state index contributed by atoms with van der Waals surface area (Å²) in [5, 5.41) is 3.55. The first-order chi connectivity index (χ1) is 14.8. The smallest absolute Gasteiger partial charge is 0.242 e. The molecule has 1 N–H and O–H groups in total. The van der Waals surface area contributed by atoms with Gasteiger partial charge in [0.2, 0.25) is 11.8 Å². The molecule has 0 radical (unpaired) electrons. The van der Waals surface area contributed by atoms with Gasteiger partial charge in [0.15, 0.2) is 0 Å². The molecule has 6 heteroatoms. The molecule has 2 aromatic rings. The minimum absolute atomic E-state index is 0.0510. The van der Waals surface area contributed by atoms with Gasteiger partial charge < -0.3 is 15.0 Å². The van der Waals surface area contributed by atoms with Crippen molar-refractivity contribution in [3.63, 3.8) is 0 Å². The fraction of sp³-hybridized carbons (Fsp3) is 0.440. The molecule has 0 saturated carbocycles. The van der Waals surface area contributed by atoms with Gasteiger partial charge in [-0.25, -0.2) is 0 Å². The van der Waals surface area contributed by atoms with Crippen LogP contribution >= 0.6 is 11.6 Å². The molecule has 0 unspecified atom stereocenters. The standard InChI is InChI=1S/C25H33ClN2O3/c1-5-19(3)27-25(30)20(4)28(17-21-9-6-7-10-23(21)26)24(29)11-8-16-31-22-14-12-18(2)13-15-22/h6-7,9-10,12-15,19-20H,5,8,11,16-17H2,1-4H3,(H,27,30)/t19-,20+/m1/s1. The minimum atomic E-state index is -0.601. The van der Waals surface area contributed by atoms with E-state index in [0.29, 0.717) is 18.1 Å². The van der Waals surface area contributed by atoms with Crippen molar-refractivity contribution in [2.24, 2.45) is 0 Å². The molecule has 0 saturated heterocycles. The van der Waals surface area contributed by atoms with Gasteiger partial charge in [-0.3, -0.25) is 9.59 Å². The summed E-state index contributed by atoms with van der Waals surface area (Å²) >= 11 is 6.31. The molecule has 0 bridgehead atoms. The summed E-state index contributed by atoms with van der Waals surface area (Å²) in [5.74, 6) is 0.525. The highest BCUT2D eigenvalue weighted by atomic mass is 35.5. The lowest BCUT2D eigenvalue weighted by Gasteiger charge is -2.30. The van der Waals surface area contributed by atoms with E-state index in [4.69, 9.17) is 16.3 Å². The van der Waals surface area contributed by atoms with Crippen LogP contribution in [0.15, 0.2) is 48.5 Å². The second-order valence-electron chi connectivity index (χ2n) is 7.87. The first kappa shape index (κ1) is 24.7. The Morgan fingerprint density at radius 1 is 1.10 bits per heavy atom. The summed E-state index contributed by atoms with van der Waals surface area (Å²) in [7, 11) is 0. The van der Waals surface area contributed by atoms with E-state index < -0.39 is 6.04 Å². The van der Waals surface area contributed by atoms with Crippen molar-refractivity contribution in [2.75, 3.05) is 6.61 Å². The van der Waals surface area contributed by atoms with Crippen molar-refractivity contribution < 1.29 is 14.3 Å². The van der Waals surface area contributed by atoms with Crippen LogP contribution in [0.25, 0.3) is 0 Å². The molecular weight excluding hydrogens is 412 g/mol. The van der Waals surface area contributed by atoms with Gasteiger partial charge in [0.05, 0.1) is 6.61 Å². The van der Waals surface area contributed by atoms with Crippen LogP contribution in [0.2, 0.25) is 5.02 Å². The number of carbonyl (C=O) groups is 2. The Hall–Kier alpha value is -2.53. The molecule has 2 atom stereocenters. The zero-order valence-corrected chi connectivity index (χ0v) is 19.6. The van der Waals surface area contributed by atoms with Gasteiger partial charge in [-0.05, 0) is 57.4 Å². The molecule has 0 fully saturated rings. The molecule has 168 valence electrons. The van der Waals surface area contributed by atoms with E-state index in [1.807, 2.05) is 63.2 Å². The lowest BCUT2D eigenvalue weighted by atomic mass is 10.1. The maximum atomic E-state index is 13.1. The van der Waals surface area contributed by atoms with Gasteiger partial charge in [0, 0.05) is 24.0 Å². The fourth-order valence-electron chi connectivity index (χ4n) is 3.05. The quantitative estimate of drug-likeness (QED) is 0.488. The molecule has 0 spiro atoms. The van der Waals surface area contributed by atoms with E-state index in [2.05, 4.69) is 5.32 Å². The maximum Gasteiger partial charge on any atom is 0.242 e. The van der Waals surface area contributed by atoms with Crippen molar-refractivity contribution in [1.29, 1.82) is 0 Å². The van der Waals surface area contributed by atoms with Crippen LogP contribution in [0, 0.1) is 6.92 Å². The van der Waals surface area contributed by atoms with Crippen LogP contribution in [-0.4, -0.2) is 35.4 Å². The SMILES string of the molecule is CC[C@@H](C)NC(=O)[C@H](C)N(Cc1ccccc1Cl)C(=O)CCCOc1ccc(C)cc1. The number of halogens is 1. The second-order valence-corrected chi connectivity index (χ2v) is 8.28. The number of nitrogens with zero attached hydrogens (tertiary/aromatic N) is 1. The maximum absolute atomic E-state index is 13.1. The lowest BCUT2D eigenvalue weighted by Crippen LogP contribution is -2.49. The fourth-order valence-corrected chi connectivity index (χ4v) is 3.25. The van der Waals surface area contributed by atoms with E-state index in [1.54, 1.807) is 17.9 Å². The third-order valence-electron chi connectivity index (χ3n) is 5.29. The third kappa shape index (κ3) is 7.91. The molecule has 2 rings (SSSR count). The normalized spacial score (nSPS) is 12.7. The van der Waals surface area contributed by atoms with Crippen molar-refractivity contribution in [3.05, 3.63) is 64.7 Å². The van der Waals surface area contributed by atoms with Crippen molar-refractivity contribution in [2.45, 2.75) is 65.6 Å². The molecule has 2 aromatic carbocycles. The molecule has 31 heavy (non-hydrogen) atoms. The monoisotopic (exact) mass is 444 g/mol. The average molecular weight is 445 g/mol. The third-order valence-corrected chi connectivity index (χ3v) is 5.66. The van der Waals surface area contributed by atoms with E-state index in [-0.39, 0.29) is 30.8 Å². The molecule has 0 heterocycles. The van der Waals surface area contributed by atoms with Crippen LogP contribution in [-0.2, 0) is 16.1 Å². The Labute approximate surface area is 190 Å². The summed E-state index contributed by atoms with van der Waals surface area (Å²) in [5.41, 5.74) is 1.99. The van der Waals surface area contributed by atoms with Gasteiger partial charge in [-0.1, -0.05) is 54.4 Å². The number of nitrogens with one attached hydrogen (secondary N) is 1. The Bertz CT molecular complexity index is 854. The first-order valence-electron chi connectivity index (χ1n) is 10.8. The van der Waals surface area contributed by atoms with Crippen LogP contribution in [0.4, 0.5) is 0 Å². The van der Waals surface area contributed by atoms with Crippen LogP contribution in [0.3, 0.4) is 0 Å². The molecule has 0 aliphatic heterocycles. The summed E-state index contributed by atoms with van der Waals surface area (Å²) in [6.45, 7) is 8.46. The number of benzene rings is 2. The van der Waals surface area contributed by atoms with Gasteiger partial charge in [0.1, 0.15) is 11.8 Å². The van der Waals surface area contributed by atoms with Crippen LogP contribution < -0.4 is 10.1 Å². The van der Waals surface area contributed by atoms with Crippen LogP contribution in [0.1, 0.15) is 51.2 Å². The number of amides is 2. The average Bonchev–Trinajstić information content (AvgIpc) is 2.76. The lowest BCUT2D eigenvalue weighted by molar-refractivity contribution is -0.141. The first-order valence-corrected chi connectivity index (χ1v) is 11.2. The molecule has 2 amide bonds. The number of hydrogen-bond donors (Lipinski definition) is 1. The number of aryl methyl sites for hydroxylation is 1. The molecule has 0 aliphatic carbocycles. The van der Waals surface area contributed by atoms with Crippen molar-refractivity contribution >= 4 is 23.4 Å². The summed E-state index contributed by atoms with van der Waals surface area (Å²) in [6.07, 6.45) is 1.68. The zero-order valence-electron chi connectivity index (χ0n) is 18.9. The van der Waals surface area contributed by atoms with Crippen LogP contribution in [0.5, 0.6) is 5.75 Å². The Balaban J connectivity index is 2.01. The Kier molecular flexibility index (Phi) is 9.86. The topological polar surface area (TPSA) is 58.6 Å². The largest absolute Gasteiger partial charge is 0.494 e.